The molecule has 25 heavy (non-hydrogen) atoms. The van der Waals surface area contributed by atoms with Crippen molar-refractivity contribution in [3.8, 4) is 11.8 Å². The van der Waals surface area contributed by atoms with E-state index in [1.54, 1.807) is 6.07 Å². The number of pyridine rings is 1. The number of nitrogens with one attached hydrogen (secondary N) is 1. The number of carbonyl (C=O) groups is 2. The summed E-state index contributed by atoms with van der Waals surface area (Å²) in [7, 11) is 1.27. The molecule has 2 bridgehead atoms. The first-order valence-electron chi connectivity index (χ1n) is 8.14. The van der Waals surface area contributed by atoms with E-state index in [0.717, 1.165) is 26.1 Å². The van der Waals surface area contributed by atoms with Crippen molar-refractivity contribution in [1.82, 2.24) is 15.2 Å². The number of carbonyl (C=O) groups excluding carboxylic acids is 2. The first-order chi connectivity index (χ1) is 12.1. The highest BCUT2D eigenvalue weighted by atomic mass is 16.5. The molecule has 0 spiro atoms. The number of methoxy groups -OCH3 is 1. The monoisotopic (exact) mass is 339 g/mol. The van der Waals surface area contributed by atoms with E-state index in [2.05, 4.69) is 31.8 Å². The van der Waals surface area contributed by atoms with E-state index in [-0.39, 0.29) is 11.9 Å². The third-order valence-corrected chi connectivity index (χ3v) is 4.83. The summed E-state index contributed by atoms with van der Waals surface area (Å²) < 4.78 is 9.87. The van der Waals surface area contributed by atoms with Crippen LogP contribution in [-0.2, 0) is 9.53 Å². The molecule has 4 heterocycles. The van der Waals surface area contributed by atoms with E-state index < -0.39 is 5.97 Å². The van der Waals surface area contributed by atoms with Crippen LogP contribution in [0.25, 0.3) is 11.0 Å². The van der Waals surface area contributed by atoms with Gasteiger partial charge in [-0.15, -0.1) is 0 Å². The number of amides is 1. The van der Waals surface area contributed by atoms with Gasteiger partial charge < -0.3 is 19.4 Å². The van der Waals surface area contributed by atoms with Crippen LogP contribution in [0.5, 0.6) is 0 Å². The van der Waals surface area contributed by atoms with Gasteiger partial charge in [0.25, 0.3) is 5.91 Å². The van der Waals surface area contributed by atoms with Gasteiger partial charge in [-0.3, -0.25) is 4.79 Å². The molecule has 0 aliphatic carbocycles. The third kappa shape index (κ3) is 2.96. The van der Waals surface area contributed by atoms with Crippen LogP contribution in [0.15, 0.2) is 22.9 Å². The topological polar surface area (TPSA) is 84.7 Å². The smallest absolute Gasteiger partial charge is 0.384 e. The Morgan fingerprint density at radius 2 is 2.32 bits per heavy atom. The Balaban J connectivity index is 1.56. The van der Waals surface area contributed by atoms with Crippen molar-refractivity contribution < 1.29 is 18.7 Å². The molecule has 3 atom stereocenters. The molecular weight excluding hydrogens is 322 g/mol. The Morgan fingerprint density at radius 3 is 3.04 bits per heavy atom. The maximum atomic E-state index is 12.5. The number of hydrogen-bond acceptors (Lipinski definition) is 6. The fraction of sp³-hybridized carbons (Fsp3) is 0.389. The normalized spacial score (nSPS) is 24.0. The van der Waals surface area contributed by atoms with E-state index in [0.29, 0.717) is 28.1 Å². The Hall–Kier alpha value is -2.85. The summed E-state index contributed by atoms with van der Waals surface area (Å²) in [6, 6.07) is 1.82. The van der Waals surface area contributed by atoms with Gasteiger partial charge in [0.05, 0.1) is 18.9 Å². The number of hydrogen-bond donors (Lipinski definition) is 1. The molecule has 0 radical (unpaired) electrons. The molecule has 7 heteroatoms. The maximum Gasteiger partial charge on any atom is 0.384 e. The van der Waals surface area contributed by atoms with Crippen molar-refractivity contribution in [2.45, 2.75) is 12.5 Å². The second-order valence-electron chi connectivity index (χ2n) is 6.34. The standard InChI is InChI=1S/C18H17N3O4/c1-24-17(22)3-2-12-10-25-16-7-19-14(6-13(12)16)18(23)20-15-9-21-5-4-11(15)8-21/h6-7,10-11,15H,4-5,8-9H2,1H3,(H,20,23)/t11-,15?/m0/s1. The summed E-state index contributed by atoms with van der Waals surface area (Å²) in [4.78, 5) is 30.2. The average molecular weight is 339 g/mol. The van der Waals surface area contributed by atoms with Crippen LogP contribution in [0.3, 0.4) is 0 Å². The molecule has 2 saturated heterocycles. The predicted molar refractivity (Wildman–Crippen MR) is 88.7 cm³/mol. The molecule has 1 amide bonds. The Kier molecular flexibility index (Phi) is 3.90. The van der Waals surface area contributed by atoms with Crippen molar-refractivity contribution in [1.29, 1.82) is 0 Å². The Bertz CT molecular complexity index is 908. The molecule has 2 aromatic heterocycles. The molecule has 2 aromatic rings. The third-order valence-electron chi connectivity index (χ3n) is 4.83. The maximum absolute atomic E-state index is 12.5. The van der Waals surface area contributed by atoms with Gasteiger partial charge in [0.2, 0.25) is 0 Å². The van der Waals surface area contributed by atoms with Gasteiger partial charge in [-0.25, -0.2) is 9.78 Å². The second kappa shape index (κ2) is 6.22. The van der Waals surface area contributed by atoms with Crippen molar-refractivity contribution >= 4 is 22.8 Å². The number of esters is 1. The van der Waals surface area contributed by atoms with Gasteiger partial charge in [0.1, 0.15) is 12.0 Å². The van der Waals surface area contributed by atoms with Gasteiger partial charge in [-0.1, -0.05) is 5.92 Å². The minimum atomic E-state index is -0.632. The molecule has 2 aliphatic heterocycles. The molecule has 2 unspecified atom stereocenters. The summed E-state index contributed by atoms with van der Waals surface area (Å²) in [5.41, 5.74) is 1.34. The lowest BCUT2D eigenvalue weighted by atomic mass is 10.00. The number of furan rings is 1. The highest BCUT2D eigenvalue weighted by molar-refractivity contribution is 5.97. The van der Waals surface area contributed by atoms with E-state index in [1.165, 1.54) is 19.6 Å². The lowest BCUT2D eigenvalue weighted by Crippen LogP contribution is -2.43. The Labute approximate surface area is 144 Å². The summed E-state index contributed by atoms with van der Waals surface area (Å²) in [5.74, 6) is 4.75. The largest absolute Gasteiger partial charge is 0.461 e. The number of piperidine rings is 1. The van der Waals surface area contributed by atoms with Gasteiger partial charge >= 0.3 is 5.97 Å². The SMILES string of the molecule is COC(=O)C#Cc1coc2cnc(C(=O)NC3CN4CC[C@H]3C4)cc12. The highest BCUT2D eigenvalue weighted by Gasteiger charge is 2.38. The quantitative estimate of drug-likeness (QED) is 0.643. The zero-order chi connectivity index (χ0) is 17.4. The molecular formula is C18H17N3O4. The fourth-order valence-corrected chi connectivity index (χ4v) is 3.51. The van der Waals surface area contributed by atoms with Crippen molar-refractivity contribution in [2.24, 2.45) is 5.92 Å². The fourth-order valence-electron chi connectivity index (χ4n) is 3.51. The number of fused-ring (bicyclic) bond motifs is 3. The molecule has 1 N–H and O–H groups in total. The first kappa shape index (κ1) is 15.7. The van der Waals surface area contributed by atoms with Crippen molar-refractivity contribution in [3.05, 3.63) is 29.8 Å². The van der Waals surface area contributed by atoms with E-state index in [9.17, 15) is 9.59 Å². The van der Waals surface area contributed by atoms with Crippen LogP contribution in [0.1, 0.15) is 22.5 Å². The van der Waals surface area contributed by atoms with Gasteiger partial charge in [-0.2, -0.15) is 0 Å². The van der Waals surface area contributed by atoms with Crippen LogP contribution in [-0.4, -0.2) is 54.5 Å². The number of rotatable bonds is 2. The minimum absolute atomic E-state index is 0.182. The molecule has 7 nitrogen and oxygen atoms in total. The average Bonchev–Trinajstić information content (AvgIpc) is 3.34. The zero-order valence-electron chi connectivity index (χ0n) is 13.7. The highest BCUT2D eigenvalue weighted by Crippen LogP contribution is 2.28. The van der Waals surface area contributed by atoms with Crippen LogP contribution in [0, 0.1) is 17.8 Å². The molecule has 2 fully saturated rings. The molecule has 4 rings (SSSR count). The summed E-state index contributed by atoms with van der Waals surface area (Å²) in [6.07, 6.45) is 4.07. The summed E-state index contributed by atoms with van der Waals surface area (Å²) in [6.45, 7) is 3.09. The van der Waals surface area contributed by atoms with Gasteiger partial charge in [0, 0.05) is 30.4 Å². The predicted octanol–water partition coefficient (Wildman–Crippen LogP) is 0.786. The van der Waals surface area contributed by atoms with Crippen molar-refractivity contribution in [3.63, 3.8) is 0 Å². The van der Waals surface area contributed by atoms with Crippen LogP contribution in [0.2, 0.25) is 0 Å². The van der Waals surface area contributed by atoms with E-state index >= 15 is 0 Å². The second-order valence-corrected chi connectivity index (χ2v) is 6.34. The van der Waals surface area contributed by atoms with Gasteiger partial charge in [0.15, 0.2) is 5.58 Å². The van der Waals surface area contributed by atoms with E-state index in [1.807, 2.05) is 0 Å². The lowest BCUT2D eigenvalue weighted by molar-refractivity contribution is -0.133. The zero-order valence-corrected chi connectivity index (χ0v) is 13.7. The summed E-state index contributed by atoms with van der Waals surface area (Å²) >= 11 is 0. The number of ether oxygens (including phenoxy) is 1. The van der Waals surface area contributed by atoms with Crippen LogP contribution in [0.4, 0.5) is 0 Å². The molecule has 0 saturated carbocycles. The van der Waals surface area contributed by atoms with Gasteiger partial charge in [-0.05, 0) is 24.9 Å². The van der Waals surface area contributed by atoms with E-state index in [4.69, 9.17) is 4.42 Å². The lowest BCUT2D eigenvalue weighted by Gasteiger charge is -2.22. The first-order valence-corrected chi connectivity index (χ1v) is 8.14. The number of nitrogens with zero attached hydrogens (tertiary/aromatic N) is 2. The molecule has 0 aromatic carbocycles. The minimum Gasteiger partial charge on any atom is -0.461 e. The number of aromatic nitrogens is 1. The molecule has 128 valence electrons. The van der Waals surface area contributed by atoms with Crippen LogP contribution < -0.4 is 5.32 Å². The summed E-state index contributed by atoms with van der Waals surface area (Å²) in [5, 5.41) is 3.72. The Morgan fingerprint density at radius 1 is 1.44 bits per heavy atom. The van der Waals surface area contributed by atoms with Crippen LogP contribution >= 0.6 is 0 Å². The molecule has 2 aliphatic rings. The van der Waals surface area contributed by atoms with Crippen molar-refractivity contribution in [2.75, 3.05) is 26.7 Å².